The van der Waals surface area contributed by atoms with Crippen molar-refractivity contribution in [2.24, 2.45) is 0 Å². The van der Waals surface area contributed by atoms with E-state index in [0.717, 1.165) is 24.3 Å². The van der Waals surface area contributed by atoms with Crippen LogP contribution in [0, 0.1) is 6.92 Å². The van der Waals surface area contributed by atoms with E-state index < -0.39 is 0 Å². The zero-order valence-electron chi connectivity index (χ0n) is 10.3. The third-order valence-electron chi connectivity index (χ3n) is 2.89. The summed E-state index contributed by atoms with van der Waals surface area (Å²) in [6.45, 7) is 1.98. The van der Waals surface area contributed by atoms with Crippen molar-refractivity contribution in [2.45, 2.75) is 29.6 Å². The van der Waals surface area contributed by atoms with Crippen LogP contribution < -0.4 is 4.74 Å². The fourth-order valence-corrected chi connectivity index (χ4v) is 2.93. The monoisotopic (exact) mass is 257 g/mol. The highest BCUT2D eigenvalue weighted by molar-refractivity contribution is 8.00. The number of hydrogen-bond acceptors (Lipinski definition) is 3. The Kier molecular flexibility index (Phi) is 3.00. The number of nitrogens with zero attached hydrogens (tertiary/aromatic N) is 1. The van der Waals surface area contributed by atoms with Gasteiger partial charge < -0.3 is 4.74 Å². The topological polar surface area (TPSA) is 22.1 Å². The third-order valence-corrected chi connectivity index (χ3v) is 4.26. The minimum Gasteiger partial charge on any atom is -0.475 e. The molecule has 1 aromatic heterocycles. The first-order chi connectivity index (χ1) is 8.76. The molecule has 3 heteroatoms. The van der Waals surface area contributed by atoms with Crippen molar-refractivity contribution in [1.82, 2.24) is 4.98 Å². The zero-order chi connectivity index (χ0) is 12.4. The van der Waals surface area contributed by atoms with Crippen LogP contribution in [0.3, 0.4) is 0 Å². The highest BCUT2D eigenvalue weighted by Gasteiger charge is 2.46. The van der Waals surface area contributed by atoms with E-state index in [4.69, 9.17) is 4.74 Å². The maximum atomic E-state index is 6.07. The molecule has 1 fully saturated rings. The summed E-state index contributed by atoms with van der Waals surface area (Å²) in [5.41, 5.74) is 1.02. The number of rotatable bonds is 4. The first kappa shape index (κ1) is 11.6. The second-order valence-corrected chi connectivity index (χ2v) is 5.98. The molecule has 1 aliphatic carbocycles. The Hall–Kier alpha value is -1.48. The molecule has 1 heterocycles. The molecule has 0 radical (unpaired) electrons. The molecule has 1 aliphatic rings. The van der Waals surface area contributed by atoms with Gasteiger partial charge in [-0.1, -0.05) is 30.0 Å². The number of aryl methyl sites for hydroxylation is 1. The summed E-state index contributed by atoms with van der Waals surface area (Å²) in [6, 6.07) is 14.4. The maximum absolute atomic E-state index is 6.07. The molecule has 0 aliphatic heterocycles. The van der Waals surface area contributed by atoms with Crippen LogP contribution in [-0.4, -0.2) is 9.92 Å². The smallest absolute Gasteiger partial charge is 0.159 e. The van der Waals surface area contributed by atoms with Gasteiger partial charge in [-0.3, -0.25) is 4.98 Å². The summed E-state index contributed by atoms with van der Waals surface area (Å²) in [4.78, 5) is 5.45. The van der Waals surface area contributed by atoms with Crippen LogP contribution in [-0.2, 0) is 0 Å². The number of thioether (sulfide) groups is 1. The van der Waals surface area contributed by atoms with Gasteiger partial charge in [-0.05, 0) is 31.2 Å². The van der Waals surface area contributed by atoms with Gasteiger partial charge in [-0.2, -0.15) is 0 Å². The van der Waals surface area contributed by atoms with Crippen molar-refractivity contribution in [2.75, 3.05) is 0 Å². The Labute approximate surface area is 111 Å². The number of aromatic nitrogens is 1. The summed E-state index contributed by atoms with van der Waals surface area (Å²) < 4.78 is 6.07. The summed E-state index contributed by atoms with van der Waals surface area (Å²) >= 11 is 1.81. The third kappa shape index (κ3) is 2.67. The first-order valence-corrected chi connectivity index (χ1v) is 6.93. The second kappa shape index (κ2) is 4.65. The van der Waals surface area contributed by atoms with Gasteiger partial charge in [0, 0.05) is 23.4 Å². The molecule has 2 nitrogen and oxygen atoms in total. The fourth-order valence-electron chi connectivity index (χ4n) is 1.76. The minimum atomic E-state index is -0.0711. The lowest BCUT2D eigenvalue weighted by atomic mass is 10.4. The van der Waals surface area contributed by atoms with E-state index in [0.29, 0.717) is 0 Å². The molecule has 0 bridgehead atoms. The lowest BCUT2D eigenvalue weighted by Crippen LogP contribution is -2.12. The predicted molar refractivity (Wildman–Crippen MR) is 73.9 cm³/mol. The van der Waals surface area contributed by atoms with Crippen molar-refractivity contribution in [3.05, 3.63) is 54.4 Å². The van der Waals surface area contributed by atoms with Crippen LogP contribution in [0.4, 0.5) is 0 Å². The molecule has 0 amide bonds. The number of hydrogen-bond donors (Lipinski definition) is 0. The van der Waals surface area contributed by atoms with Crippen LogP contribution in [0.25, 0.3) is 0 Å². The average molecular weight is 257 g/mol. The lowest BCUT2D eigenvalue weighted by Gasteiger charge is -2.17. The fraction of sp³-hybridized carbons (Fsp3) is 0.267. The summed E-state index contributed by atoms with van der Waals surface area (Å²) in [6.07, 6.45) is 4.00. The molecular weight excluding hydrogens is 242 g/mol. The molecule has 0 N–H and O–H groups in total. The minimum absolute atomic E-state index is 0.0711. The molecule has 92 valence electrons. The Balaban J connectivity index is 1.70. The first-order valence-electron chi connectivity index (χ1n) is 6.12. The predicted octanol–water partition coefficient (Wildman–Crippen LogP) is 4.05. The quantitative estimate of drug-likeness (QED) is 0.771. The van der Waals surface area contributed by atoms with Gasteiger partial charge in [0.1, 0.15) is 5.75 Å². The SMILES string of the molecule is Cc1ccc(OC2(Sc3ccccc3)CC2)cn1. The highest BCUT2D eigenvalue weighted by atomic mass is 32.2. The van der Waals surface area contributed by atoms with Crippen molar-refractivity contribution in [1.29, 1.82) is 0 Å². The average Bonchev–Trinajstić information content (AvgIpc) is 3.13. The van der Waals surface area contributed by atoms with Gasteiger partial charge in [-0.25, -0.2) is 0 Å². The van der Waals surface area contributed by atoms with Crippen LogP contribution in [0.15, 0.2) is 53.6 Å². The van der Waals surface area contributed by atoms with Gasteiger partial charge >= 0.3 is 0 Å². The van der Waals surface area contributed by atoms with Crippen molar-refractivity contribution in [3.8, 4) is 5.75 Å². The van der Waals surface area contributed by atoms with E-state index >= 15 is 0 Å². The van der Waals surface area contributed by atoms with E-state index in [1.165, 1.54) is 4.90 Å². The van der Waals surface area contributed by atoms with E-state index in [1.54, 1.807) is 18.0 Å². The van der Waals surface area contributed by atoms with Crippen LogP contribution in [0.5, 0.6) is 5.75 Å². The van der Waals surface area contributed by atoms with Crippen molar-refractivity contribution < 1.29 is 4.74 Å². The molecule has 18 heavy (non-hydrogen) atoms. The molecule has 0 saturated heterocycles. The van der Waals surface area contributed by atoms with Gasteiger partial charge in [-0.15, -0.1) is 0 Å². The maximum Gasteiger partial charge on any atom is 0.159 e. The summed E-state index contributed by atoms with van der Waals surface area (Å²) in [5.74, 6) is 0.863. The number of benzene rings is 1. The summed E-state index contributed by atoms with van der Waals surface area (Å²) in [7, 11) is 0. The van der Waals surface area contributed by atoms with Gasteiger partial charge in [0.15, 0.2) is 4.93 Å². The zero-order valence-corrected chi connectivity index (χ0v) is 11.1. The van der Waals surface area contributed by atoms with Gasteiger partial charge in [0.2, 0.25) is 0 Å². The van der Waals surface area contributed by atoms with E-state index in [-0.39, 0.29) is 4.93 Å². The van der Waals surface area contributed by atoms with E-state index in [2.05, 4.69) is 29.2 Å². The highest BCUT2D eigenvalue weighted by Crippen LogP contribution is 2.52. The number of ether oxygens (including phenoxy) is 1. The standard InChI is InChI=1S/C15H15NOS/c1-12-7-8-13(11-16-12)17-15(9-10-15)18-14-5-3-2-4-6-14/h2-8,11H,9-10H2,1H3. The number of pyridine rings is 1. The van der Waals surface area contributed by atoms with Gasteiger partial charge in [0.25, 0.3) is 0 Å². The molecule has 1 aromatic carbocycles. The van der Waals surface area contributed by atoms with E-state index in [1.807, 2.05) is 25.1 Å². The molecule has 0 unspecified atom stereocenters. The van der Waals surface area contributed by atoms with Crippen LogP contribution in [0.1, 0.15) is 18.5 Å². The Morgan fingerprint density at radius 3 is 2.50 bits per heavy atom. The van der Waals surface area contributed by atoms with Crippen molar-refractivity contribution in [3.63, 3.8) is 0 Å². The molecule has 2 aromatic rings. The largest absolute Gasteiger partial charge is 0.475 e. The van der Waals surface area contributed by atoms with Crippen LogP contribution >= 0.6 is 11.8 Å². The molecule has 0 spiro atoms. The Bertz CT molecular complexity index is 520. The van der Waals surface area contributed by atoms with E-state index in [9.17, 15) is 0 Å². The second-order valence-electron chi connectivity index (χ2n) is 4.56. The lowest BCUT2D eigenvalue weighted by molar-refractivity contribution is 0.270. The molecular formula is C15H15NOS. The molecule has 1 saturated carbocycles. The molecule has 3 rings (SSSR count). The Morgan fingerprint density at radius 2 is 1.89 bits per heavy atom. The Morgan fingerprint density at radius 1 is 1.11 bits per heavy atom. The molecule has 0 atom stereocenters. The normalized spacial score (nSPS) is 16.3. The van der Waals surface area contributed by atoms with Crippen LogP contribution in [0.2, 0.25) is 0 Å². The van der Waals surface area contributed by atoms with Crippen molar-refractivity contribution >= 4 is 11.8 Å². The van der Waals surface area contributed by atoms with Gasteiger partial charge in [0.05, 0.1) is 6.20 Å². The summed E-state index contributed by atoms with van der Waals surface area (Å²) in [5, 5.41) is 0.